The second-order valence-electron chi connectivity index (χ2n) is 9.39. The van der Waals surface area contributed by atoms with Crippen molar-refractivity contribution in [2.24, 2.45) is 0 Å². The zero-order valence-corrected chi connectivity index (χ0v) is 20.5. The molecule has 1 amide bonds. The maximum Gasteiger partial charge on any atom is 0.407 e. The number of halogens is 1. The molecule has 0 spiro atoms. The summed E-state index contributed by atoms with van der Waals surface area (Å²) >= 11 is 6.21. The quantitative estimate of drug-likeness (QED) is 0.402. The Labute approximate surface area is 194 Å². The van der Waals surface area contributed by atoms with Crippen molar-refractivity contribution in [2.75, 3.05) is 19.8 Å². The van der Waals surface area contributed by atoms with Crippen LogP contribution in [0.1, 0.15) is 78.7 Å². The third-order valence-corrected chi connectivity index (χ3v) is 6.35. The van der Waals surface area contributed by atoms with E-state index >= 15 is 0 Å². The summed E-state index contributed by atoms with van der Waals surface area (Å²) < 4.78 is 14.1. The Hall–Kier alpha value is -1.90. The van der Waals surface area contributed by atoms with Gasteiger partial charge in [-0.3, -0.25) is 0 Å². The smallest absolute Gasteiger partial charge is 0.407 e. The van der Waals surface area contributed by atoms with Gasteiger partial charge in [0.25, 0.3) is 0 Å². The van der Waals surface area contributed by atoms with Gasteiger partial charge in [0.05, 0.1) is 11.2 Å². The van der Waals surface area contributed by atoms with Crippen LogP contribution in [0.2, 0.25) is 5.28 Å². The van der Waals surface area contributed by atoms with Crippen LogP contribution >= 0.6 is 11.6 Å². The SMILES string of the molecule is CCOC(OCC)c1cc2cnc(Cl)nc2n1C1(CN(C(=O)O)C(C)(C)C)CCCCC1. The number of aromatic nitrogens is 3. The first kappa shape index (κ1) is 24.7. The molecule has 1 aliphatic carbocycles. The van der Waals surface area contributed by atoms with Gasteiger partial charge in [0, 0.05) is 36.9 Å². The Balaban J connectivity index is 2.26. The van der Waals surface area contributed by atoms with Crippen LogP contribution in [0.4, 0.5) is 4.79 Å². The highest BCUT2D eigenvalue weighted by atomic mass is 35.5. The van der Waals surface area contributed by atoms with Crippen LogP contribution in [0, 0.1) is 0 Å². The highest BCUT2D eigenvalue weighted by Gasteiger charge is 2.43. The maximum absolute atomic E-state index is 12.3. The minimum absolute atomic E-state index is 0.157. The molecule has 1 saturated carbocycles. The Morgan fingerprint density at radius 1 is 1.25 bits per heavy atom. The van der Waals surface area contributed by atoms with Gasteiger partial charge in [-0.1, -0.05) is 19.3 Å². The van der Waals surface area contributed by atoms with Gasteiger partial charge in [-0.25, -0.2) is 9.78 Å². The molecule has 0 atom stereocenters. The first-order valence-corrected chi connectivity index (χ1v) is 11.8. The molecule has 1 fully saturated rings. The van der Waals surface area contributed by atoms with Gasteiger partial charge >= 0.3 is 6.09 Å². The van der Waals surface area contributed by atoms with Crippen LogP contribution in [0.3, 0.4) is 0 Å². The molecule has 2 aromatic heterocycles. The van der Waals surface area contributed by atoms with Crippen LogP contribution < -0.4 is 0 Å². The van der Waals surface area contributed by atoms with Crippen molar-refractivity contribution in [2.45, 2.75) is 84.1 Å². The molecule has 0 aliphatic heterocycles. The molecule has 0 saturated heterocycles. The van der Waals surface area contributed by atoms with Crippen molar-refractivity contribution in [3.05, 3.63) is 23.2 Å². The molecule has 1 aliphatic rings. The van der Waals surface area contributed by atoms with E-state index in [4.69, 9.17) is 21.1 Å². The van der Waals surface area contributed by atoms with Gasteiger partial charge in [-0.15, -0.1) is 0 Å². The highest BCUT2D eigenvalue weighted by molar-refractivity contribution is 6.28. The number of ether oxygens (including phenoxy) is 2. The van der Waals surface area contributed by atoms with Crippen molar-refractivity contribution in [1.29, 1.82) is 0 Å². The van der Waals surface area contributed by atoms with Crippen molar-refractivity contribution in [3.8, 4) is 0 Å². The second-order valence-corrected chi connectivity index (χ2v) is 9.73. The fraction of sp³-hybridized carbons (Fsp3) is 0.696. The molecule has 8 nitrogen and oxygen atoms in total. The number of fused-ring (bicyclic) bond motifs is 1. The molecule has 32 heavy (non-hydrogen) atoms. The van der Waals surface area contributed by atoms with Crippen LogP contribution in [0.15, 0.2) is 12.3 Å². The Kier molecular flexibility index (Phi) is 7.68. The topological polar surface area (TPSA) is 89.7 Å². The number of hydrogen-bond acceptors (Lipinski definition) is 5. The van der Waals surface area contributed by atoms with Gasteiger partial charge in [-0.05, 0) is 65.1 Å². The van der Waals surface area contributed by atoms with Gasteiger partial charge in [0.15, 0.2) is 6.29 Å². The van der Waals surface area contributed by atoms with E-state index in [9.17, 15) is 9.90 Å². The highest BCUT2D eigenvalue weighted by Crippen LogP contribution is 2.42. The average Bonchev–Trinajstić information content (AvgIpc) is 3.10. The number of hydrogen-bond donors (Lipinski definition) is 1. The Morgan fingerprint density at radius 2 is 1.88 bits per heavy atom. The average molecular weight is 467 g/mol. The van der Waals surface area contributed by atoms with Gasteiger partial charge in [-0.2, -0.15) is 4.98 Å². The summed E-state index contributed by atoms with van der Waals surface area (Å²) in [6.45, 7) is 10.9. The lowest BCUT2D eigenvalue weighted by atomic mass is 9.80. The zero-order valence-electron chi connectivity index (χ0n) is 19.7. The summed E-state index contributed by atoms with van der Waals surface area (Å²) in [5.41, 5.74) is 0.461. The summed E-state index contributed by atoms with van der Waals surface area (Å²) in [6, 6.07) is 1.99. The van der Waals surface area contributed by atoms with Crippen molar-refractivity contribution >= 4 is 28.7 Å². The van der Waals surface area contributed by atoms with Crippen molar-refractivity contribution < 1.29 is 19.4 Å². The van der Waals surface area contributed by atoms with E-state index in [0.717, 1.165) is 43.2 Å². The zero-order chi connectivity index (χ0) is 23.5. The van der Waals surface area contributed by atoms with E-state index in [-0.39, 0.29) is 5.28 Å². The monoisotopic (exact) mass is 466 g/mol. The predicted molar refractivity (Wildman–Crippen MR) is 124 cm³/mol. The van der Waals surface area contributed by atoms with E-state index in [1.165, 1.54) is 4.90 Å². The molecule has 9 heteroatoms. The van der Waals surface area contributed by atoms with Crippen LogP contribution in [0.5, 0.6) is 0 Å². The van der Waals surface area contributed by atoms with Crippen molar-refractivity contribution in [1.82, 2.24) is 19.4 Å². The van der Waals surface area contributed by atoms with Gasteiger partial charge in [0.1, 0.15) is 5.65 Å². The normalized spacial score (nSPS) is 16.6. The molecule has 0 unspecified atom stereocenters. The number of amides is 1. The minimum Gasteiger partial charge on any atom is -0.465 e. The first-order chi connectivity index (χ1) is 15.1. The lowest BCUT2D eigenvalue weighted by Crippen LogP contribution is -2.55. The van der Waals surface area contributed by atoms with E-state index < -0.39 is 23.5 Å². The Morgan fingerprint density at radius 3 is 2.41 bits per heavy atom. The molecule has 0 radical (unpaired) electrons. The summed E-state index contributed by atoms with van der Waals surface area (Å²) in [7, 11) is 0. The van der Waals surface area contributed by atoms with E-state index in [0.29, 0.717) is 25.4 Å². The fourth-order valence-electron chi connectivity index (χ4n) is 4.73. The van der Waals surface area contributed by atoms with E-state index in [1.807, 2.05) is 40.7 Å². The predicted octanol–water partition coefficient (Wildman–Crippen LogP) is 5.59. The van der Waals surface area contributed by atoms with Crippen molar-refractivity contribution in [3.63, 3.8) is 0 Å². The lowest BCUT2D eigenvalue weighted by molar-refractivity contribution is -0.146. The molecule has 0 aromatic carbocycles. The molecule has 2 heterocycles. The molecule has 2 aromatic rings. The third kappa shape index (κ3) is 5.02. The first-order valence-electron chi connectivity index (χ1n) is 11.4. The van der Waals surface area contributed by atoms with Crippen LogP contribution in [0.25, 0.3) is 11.0 Å². The summed E-state index contributed by atoms with van der Waals surface area (Å²) in [4.78, 5) is 22.6. The summed E-state index contributed by atoms with van der Waals surface area (Å²) in [6.07, 6.45) is 4.97. The molecule has 1 N–H and O–H groups in total. The van der Waals surface area contributed by atoms with E-state index in [2.05, 4.69) is 14.5 Å². The number of carbonyl (C=O) groups is 1. The maximum atomic E-state index is 12.3. The number of rotatable bonds is 8. The van der Waals surface area contributed by atoms with Gasteiger partial charge in [0.2, 0.25) is 5.28 Å². The number of nitrogens with zero attached hydrogens (tertiary/aromatic N) is 4. The van der Waals surface area contributed by atoms with Crippen LogP contribution in [-0.4, -0.2) is 55.9 Å². The lowest BCUT2D eigenvalue weighted by Gasteiger charge is -2.46. The number of carboxylic acid groups (broad SMARTS) is 1. The molecule has 178 valence electrons. The summed E-state index contributed by atoms with van der Waals surface area (Å²) in [5.74, 6) is 0. The summed E-state index contributed by atoms with van der Waals surface area (Å²) in [5, 5.41) is 11.1. The van der Waals surface area contributed by atoms with Crippen LogP contribution in [-0.2, 0) is 15.0 Å². The van der Waals surface area contributed by atoms with Gasteiger partial charge < -0.3 is 24.0 Å². The largest absolute Gasteiger partial charge is 0.465 e. The molecular weight excluding hydrogens is 432 g/mol. The van der Waals surface area contributed by atoms with E-state index in [1.54, 1.807) is 6.20 Å². The Bertz CT molecular complexity index is 928. The standard InChI is InChI=1S/C23H35ClN4O4/c1-6-31-19(32-7-2)17-13-16-14-25-20(24)26-18(16)28(17)23(11-9-8-10-12-23)15-27(21(29)30)22(3,4)5/h13-14,19H,6-12,15H2,1-5H3,(H,29,30). The minimum atomic E-state index is -0.931. The fourth-order valence-corrected chi connectivity index (χ4v) is 4.86. The molecular formula is C23H35ClN4O4. The third-order valence-electron chi connectivity index (χ3n) is 6.17. The molecule has 0 bridgehead atoms. The second kappa shape index (κ2) is 9.93. The molecule has 3 rings (SSSR count).